The summed E-state index contributed by atoms with van der Waals surface area (Å²) in [7, 11) is -1.52. The van der Waals surface area contributed by atoms with Crippen molar-refractivity contribution < 1.29 is 13.2 Å². The number of aromatic nitrogens is 2. The molecule has 1 heterocycles. The molecule has 9 heteroatoms. The minimum atomic E-state index is -3.52. The maximum atomic E-state index is 12.6. The fraction of sp³-hybridized carbons (Fsp3) is 0.450. The van der Waals surface area contributed by atoms with E-state index in [1.54, 1.807) is 25.1 Å². The van der Waals surface area contributed by atoms with Crippen molar-refractivity contribution in [1.82, 2.24) is 14.7 Å². The van der Waals surface area contributed by atoms with Gasteiger partial charge in [0.15, 0.2) is 0 Å². The smallest absolute Gasteiger partial charge is 0.274 e. The second-order valence-corrected chi connectivity index (χ2v) is 8.91. The van der Waals surface area contributed by atoms with E-state index in [1.807, 2.05) is 7.05 Å². The summed E-state index contributed by atoms with van der Waals surface area (Å²) < 4.78 is 26.4. The Balaban J connectivity index is 1.69. The highest BCUT2D eigenvalue weighted by atomic mass is 32.2. The van der Waals surface area contributed by atoms with E-state index < -0.39 is 10.0 Å². The molecular weight excluding hydrogens is 390 g/mol. The van der Waals surface area contributed by atoms with E-state index in [1.165, 1.54) is 37.7 Å². The normalized spacial score (nSPS) is 15.1. The van der Waals surface area contributed by atoms with Crippen LogP contribution in [0.15, 0.2) is 41.6 Å². The number of carbonyl (C=O) groups excluding carboxylic acids is 1. The molecule has 1 aliphatic rings. The predicted molar refractivity (Wildman–Crippen MR) is 113 cm³/mol. The molecule has 0 unspecified atom stereocenters. The lowest BCUT2D eigenvalue weighted by Crippen LogP contribution is -2.34. The Morgan fingerprint density at radius 3 is 2.48 bits per heavy atom. The van der Waals surface area contributed by atoms with Crippen LogP contribution >= 0.6 is 0 Å². The van der Waals surface area contributed by atoms with Gasteiger partial charge in [0.2, 0.25) is 10.0 Å². The van der Waals surface area contributed by atoms with Crippen molar-refractivity contribution in [3.8, 4) is 0 Å². The molecule has 1 amide bonds. The van der Waals surface area contributed by atoms with Gasteiger partial charge in [-0.25, -0.2) is 23.1 Å². The van der Waals surface area contributed by atoms with Crippen LogP contribution in [0.25, 0.3) is 0 Å². The first-order chi connectivity index (χ1) is 13.9. The molecule has 8 nitrogen and oxygen atoms in total. The van der Waals surface area contributed by atoms with Gasteiger partial charge in [-0.15, -0.1) is 0 Å². The Morgan fingerprint density at radius 1 is 1.14 bits per heavy atom. The summed E-state index contributed by atoms with van der Waals surface area (Å²) in [4.78, 5) is 23.3. The molecule has 0 radical (unpaired) electrons. The zero-order valence-corrected chi connectivity index (χ0v) is 17.6. The Hall–Kier alpha value is -2.52. The zero-order chi connectivity index (χ0) is 20.9. The number of benzene rings is 1. The van der Waals surface area contributed by atoms with Gasteiger partial charge < -0.3 is 10.2 Å². The molecular formula is C20H27N5O3S. The van der Waals surface area contributed by atoms with Crippen molar-refractivity contribution >= 4 is 27.4 Å². The molecule has 0 bridgehead atoms. The number of sulfonamides is 1. The highest BCUT2D eigenvalue weighted by Crippen LogP contribution is 2.25. The van der Waals surface area contributed by atoms with Gasteiger partial charge >= 0.3 is 0 Å². The minimum Gasteiger partial charge on any atom is -0.357 e. The SMILES string of the molecule is CCNS(=O)(=O)c1ccc(NC(=O)c2cc(N(C)C3CCCCC3)ncn2)cc1. The Labute approximate surface area is 171 Å². The van der Waals surface area contributed by atoms with Crippen molar-refractivity contribution in [1.29, 1.82) is 0 Å². The standard InChI is InChI=1S/C20H27N5O3S/c1-3-23-29(27,28)17-11-9-15(10-12-17)24-20(26)18-13-19(22-14-21-18)25(2)16-7-5-4-6-8-16/h9-14,16,23H,3-8H2,1-2H3,(H,24,26). The first-order valence-corrected chi connectivity index (χ1v) is 11.3. The molecule has 0 atom stereocenters. The van der Waals surface area contributed by atoms with Gasteiger partial charge in [0.25, 0.3) is 5.91 Å². The molecule has 2 aromatic rings. The summed E-state index contributed by atoms with van der Waals surface area (Å²) in [6, 6.07) is 8.14. The van der Waals surface area contributed by atoms with E-state index in [-0.39, 0.29) is 16.5 Å². The number of carbonyl (C=O) groups is 1. The van der Waals surface area contributed by atoms with Crippen molar-refractivity contribution in [3.05, 3.63) is 42.4 Å². The molecule has 29 heavy (non-hydrogen) atoms. The van der Waals surface area contributed by atoms with E-state index in [4.69, 9.17) is 0 Å². The average Bonchev–Trinajstić information content (AvgIpc) is 2.74. The highest BCUT2D eigenvalue weighted by Gasteiger charge is 2.20. The molecule has 1 saturated carbocycles. The summed E-state index contributed by atoms with van der Waals surface area (Å²) in [5, 5.41) is 2.75. The summed E-state index contributed by atoms with van der Waals surface area (Å²) >= 11 is 0. The number of nitrogens with one attached hydrogen (secondary N) is 2. The fourth-order valence-corrected chi connectivity index (χ4v) is 4.55. The van der Waals surface area contributed by atoms with Gasteiger partial charge in [-0.2, -0.15) is 0 Å². The highest BCUT2D eigenvalue weighted by molar-refractivity contribution is 7.89. The molecule has 3 rings (SSSR count). The quantitative estimate of drug-likeness (QED) is 0.718. The molecule has 1 fully saturated rings. The van der Waals surface area contributed by atoms with Crippen LogP contribution in [0.5, 0.6) is 0 Å². The average molecular weight is 418 g/mol. The number of hydrogen-bond donors (Lipinski definition) is 2. The molecule has 2 N–H and O–H groups in total. The van der Waals surface area contributed by atoms with Crippen molar-refractivity contribution in [2.45, 2.75) is 50.0 Å². The second-order valence-electron chi connectivity index (χ2n) is 7.14. The number of nitrogens with zero attached hydrogens (tertiary/aromatic N) is 3. The molecule has 0 aliphatic heterocycles. The van der Waals surface area contributed by atoms with Gasteiger partial charge in [-0.3, -0.25) is 4.79 Å². The molecule has 156 valence electrons. The maximum absolute atomic E-state index is 12.6. The van der Waals surface area contributed by atoms with E-state index in [0.29, 0.717) is 18.3 Å². The molecule has 0 saturated heterocycles. The van der Waals surface area contributed by atoms with Crippen molar-refractivity contribution in [2.24, 2.45) is 0 Å². The Bertz CT molecular complexity index is 941. The number of rotatable bonds is 7. The van der Waals surface area contributed by atoms with E-state index in [0.717, 1.165) is 18.7 Å². The van der Waals surface area contributed by atoms with E-state index in [2.05, 4.69) is 24.9 Å². The van der Waals surface area contributed by atoms with Gasteiger partial charge in [0.1, 0.15) is 17.8 Å². The van der Waals surface area contributed by atoms with Crippen molar-refractivity contribution in [2.75, 3.05) is 23.8 Å². The number of hydrogen-bond acceptors (Lipinski definition) is 6. The zero-order valence-electron chi connectivity index (χ0n) is 16.8. The summed E-state index contributed by atoms with van der Waals surface area (Å²) in [5.41, 5.74) is 0.758. The van der Waals surface area contributed by atoms with Crippen LogP contribution in [0.2, 0.25) is 0 Å². The van der Waals surface area contributed by atoms with Crippen LogP contribution in [0.3, 0.4) is 0 Å². The Kier molecular flexibility index (Phi) is 6.81. The van der Waals surface area contributed by atoms with Crippen LogP contribution < -0.4 is 14.9 Å². The summed E-state index contributed by atoms with van der Waals surface area (Å²) in [6.07, 6.45) is 7.36. The molecule has 0 spiro atoms. The van der Waals surface area contributed by atoms with Crippen LogP contribution in [0, 0.1) is 0 Å². The monoisotopic (exact) mass is 417 g/mol. The third-order valence-electron chi connectivity index (χ3n) is 5.13. The van der Waals surface area contributed by atoms with Crippen LogP contribution in [0.1, 0.15) is 49.5 Å². The maximum Gasteiger partial charge on any atom is 0.274 e. The molecule has 1 aromatic carbocycles. The van der Waals surface area contributed by atoms with Crippen molar-refractivity contribution in [3.63, 3.8) is 0 Å². The topological polar surface area (TPSA) is 104 Å². The third-order valence-corrected chi connectivity index (χ3v) is 6.69. The lowest BCUT2D eigenvalue weighted by Gasteiger charge is -2.32. The minimum absolute atomic E-state index is 0.149. The van der Waals surface area contributed by atoms with Crippen LogP contribution in [0.4, 0.5) is 11.5 Å². The first-order valence-electron chi connectivity index (χ1n) is 9.86. The lowest BCUT2D eigenvalue weighted by atomic mass is 9.94. The number of anilines is 2. The van der Waals surface area contributed by atoms with Crippen LogP contribution in [-0.4, -0.2) is 43.9 Å². The summed E-state index contributed by atoms with van der Waals surface area (Å²) in [6.45, 7) is 2.03. The molecule has 1 aliphatic carbocycles. The fourth-order valence-electron chi connectivity index (χ4n) is 3.51. The number of amides is 1. The second kappa shape index (κ2) is 9.32. The Morgan fingerprint density at radius 2 is 1.83 bits per heavy atom. The van der Waals surface area contributed by atoms with E-state index >= 15 is 0 Å². The third kappa shape index (κ3) is 5.30. The van der Waals surface area contributed by atoms with Crippen LogP contribution in [-0.2, 0) is 10.0 Å². The summed E-state index contributed by atoms with van der Waals surface area (Å²) in [5.74, 6) is 0.358. The van der Waals surface area contributed by atoms with Gasteiger partial charge in [-0.1, -0.05) is 26.2 Å². The van der Waals surface area contributed by atoms with E-state index in [9.17, 15) is 13.2 Å². The van der Waals surface area contributed by atoms with Gasteiger partial charge in [0.05, 0.1) is 4.90 Å². The van der Waals surface area contributed by atoms with Gasteiger partial charge in [-0.05, 0) is 37.1 Å². The lowest BCUT2D eigenvalue weighted by molar-refractivity contribution is 0.102. The molecule has 1 aromatic heterocycles. The predicted octanol–water partition coefficient (Wildman–Crippen LogP) is 2.80. The first kappa shape index (κ1) is 21.2. The van der Waals surface area contributed by atoms with Gasteiger partial charge in [0, 0.05) is 31.4 Å². The largest absolute Gasteiger partial charge is 0.357 e.